The molecule has 11 rings (SSSR count). The second kappa shape index (κ2) is 13.3. The maximum absolute atomic E-state index is 6.84. The first-order valence-corrected chi connectivity index (χ1v) is 19.8. The van der Waals surface area contributed by atoms with Gasteiger partial charge in [-0.15, -0.1) is 0 Å². The van der Waals surface area contributed by atoms with E-state index in [9.17, 15) is 0 Å². The van der Waals surface area contributed by atoms with Gasteiger partial charge in [0.05, 0.1) is 5.69 Å². The van der Waals surface area contributed by atoms with E-state index >= 15 is 0 Å². The highest BCUT2D eigenvalue weighted by atomic mass is 16.5. The van der Waals surface area contributed by atoms with Crippen LogP contribution < -0.4 is 9.64 Å². The minimum absolute atomic E-state index is 0.111. The lowest BCUT2D eigenvalue weighted by molar-refractivity contribution is 0.0996. The van der Waals surface area contributed by atoms with E-state index in [1.54, 1.807) is 0 Å². The Morgan fingerprint density at radius 1 is 0.474 bits per heavy atom. The molecule has 0 amide bonds. The zero-order chi connectivity index (χ0) is 37.9. The SMILES string of the molecule is CC12Oc3ccc(-c4ccccc4N(c4cccc(-c5cccc6ccccc56)c4)c4cccc(-c5cccc6ccccc56)c4)cc3C1C=Cc1ccccc12. The third-order valence-electron chi connectivity index (χ3n) is 12.1. The predicted molar refractivity (Wildman–Crippen MR) is 239 cm³/mol. The van der Waals surface area contributed by atoms with Gasteiger partial charge < -0.3 is 9.64 Å². The minimum atomic E-state index is -0.456. The molecule has 0 aromatic heterocycles. The predicted octanol–water partition coefficient (Wildman–Crippen LogP) is 14.9. The summed E-state index contributed by atoms with van der Waals surface area (Å²) in [5.74, 6) is 1.06. The van der Waals surface area contributed by atoms with Gasteiger partial charge in [-0.2, -0.15) is 0 Å². The molecule has 2 unspecified atom stereocenters. The van der Waals surface area contributed by atoms with Crippen molar-refractivity contribution < 1.29 is 4.74 Å². The summed E-state index contributed by atoms with van der Waals surface area (Å²) >= 11 is 0. The van der Waals surface area contributed by atoms with Gasteiger partial charge >= 0.3 is 0 Å². The Morgan fingerprint density at radius 3 is 1.72 bits per heavy atom. The highest BCUT2D eigenvalue weighted by Gasteiger charge is 2.47. The average Bonchev–Trinajstić information content (AvgIpc) is 3.58. The largest absolute Gasteiger partial charge is 0.482 e. The molecule has 1 aliphatic carbocycles. The van der Waals surface area contributed by atoms with Crippen LogP contribution in [0.25, 0.3) is 61.0 Å². The van der Waals surface area contributed by atoms with Gasteiger partial charge in [0.15, 0.2) is 0 Å². The molecule has 2 aliphatic rings. The quantitative estimate of drug-likeness (QED) is 0.169. The van der Waals surface area contributed by atoms with E-state index in [2.05, 4.69) is 224 Å². The molecule has 0 fully saturated rings. The highest BCUT2D eigenvalue weighted by molar-refractivity contribution is 6.00. The van der Waals surface area contributed by atoms with Crippen LogP contribution in [0.3, 0.4) is 0 Å². The van der Waals surface area contributed by atoms with Crippen LogP contribution in [0, 0.1) is 0 Å². The standard InChI is InChI=1S/C55H39NO/c1-55-51-28-8-4-16-39(51)30-32-52(55)50-36-42(31-33-54(50)57-55)49-25-7-9-29-53(49)56(43-21-10-19-40(34-43)47-26-12-17-37-14-2-5-23-45(37)47)44-22-11-20-41(35-44)48-27-13-18-38-15-3-6-24-46(38)48/h2-36,52H,1H3. The van der Waals surface area contributed by atoms with Crippen LogP contribution in [0.2, 0.25) is 0 Å². The van der Waals surface area contributed by atoms with Crippen molar-refractivity contribution in [2.75, 3.05) is 4.90 Å². The first-order valence-electron chi connectivity index (χ1n) is 19.8. The number of ether oxygens (including phenoxy) is 1. The summed E-state index contributed by atoms with van der Waals surface area (Å²) in [6.45, 7) is 2.24. The van der Waals surface area contributed by atoms with Gasteiger partial charge in [0.1, 0.15) is 11.4 Å². The van der Waals surface area contributed by atoms with Crippen LogP contribution in [-0.2, 0) is 5.60 Å². The molecule has 0 saturated carbocycles. The third kappa shape index (κ3) is 5.48. The lowest BCUT2D eigenvalue weighted by atomic mass is 9.75. The Labute approximate surface area is 333 Å². The smallest absolute Gasteiger partial charge is 0.142 e. The fraction of sp³-hybridized carbons (Fsp3) is 0.0545. The Morgan fingerprint density at radius 2 is 1.02 bits per heavy atom. The number of hydrogen-bond acceptors (Lipinski definition) is 2. The van der Waals surface area contributed by atoms with Crippen LogP contribution in [0.1, 0.15) is 29.5 Å². The number of anilines is 3. The topological polar surface area (TPSA) is 12.5 Å². The molecule has 1 heterocycles. The van der Waals surface area contributed by atoms with Crippen LogP contribution >= 0.6 is 0 Å². The number of para-hydroxylation sites is 1. The lowest BCUT2D eigenvalue weighted by Gasteiger charge is -2.34. The molecule has 0 bridgehead atoms. The Kier molecular flexibility index (Phi) is 7.72. The van der Waals surface area contributed by atoms with E-state index in [1.807, 2.05) is 0 Å². The number of nitrogens with zero attached hydrogens (tertiary/aromatic N) is 1. The van der Waals surface area contributed by atoms with Crippen molar-refractivity contribution in [3.05, 3.63) is 223 Å². The summed E-state index contributed by atoms with van der Waals surface area (Å²) in [7, 11) is 0. The normalized spacial score (nSPS) is 16.5. The third-order valence-corrected chi connectivity index (χ3v) is 12.1. The van der Waals surface area contributed by atoms with Crippen molar-refractivity contribution >= 4 is 44.7 Å². The second-order valence-corrected chi connectivity index (χ2v) is 15.4. The van der Waals surface area contributed by atoms with E-state index in [0.717, 1.165) is 33.9 Å². The minimum Gasteiger partial charge on any atom is -0.482 e. The van der Waals surface area contributed by atoms with E-state index < -0.39 is 5.60 Å². The molecule has 9 aromatic carbocycles. The van der Waals surface area contributed by atoms with Gasteiger partial charge in [-0.1, -0.05) is 170 Å². The maximum Gasteiger partial charge on any atom is 0.142 e. The van der Waals surface area contributed by atoms with Gasteiger partial charge in [0.25, 0.3) is 0 Å². The van der Waals surface area contributed by atoms with Crippen LogP contribution in [-0.4, -0.2) is 0 Å². The number of rotatable bonds is 6. The summed E-state index contributed by atoms with van der Waals surface area (Å²) in [6, 6.07) is 72.7. The molecule has 2 nitrogen and oxygen atoms in total. The number of benzene rings is 9. The van der Waals surface area contributed by atoms with Gasteiger partial charge in [0.2, 0.25) is 0 Å². The van der Waals surface area contributed by atoms with E-state index in [4.69, 9.17) is 4.74 Å². The molecule has 0 N–H and O–H groups in total. The van der Waals surface area contributed by atoms with Crippen LogP contribution in [0.4, 0.5) is 17.1 Å². The van der Waals surface area contributed by atoms with E-state index in [-0.39, 0.29) is 5.92 Å². The summed E-state index contributed by atoms with van der Waals surface area (Å²) in [5.41, 5.74) is 13.6. The number of hydrogen-bond donors (Lipinski definition) is 0. The van der Waals surface area contributed by atoms with Crippen molar-refractivity contribution in [1.82, 2.24) is 0 Å². The first kappa shape index (κ1) is 33.2. The molecular formula is C55H39NO. The second-order valence-electron chi connectivity index (χ2n) is 15.4. The maximum atomic E-state index is 6.84. The summed E-state index contributed by atoms with van der Waals surface area (Å²) < 4.78 is 6.84. The molecule has 1 aliphatic heterocycles. The monoisotopic (exact) mass is 729 g/mol. The van der Waals surface area contributed by atoms with Crippen molar-refractivity contribution in [3.63, 3.8) is 0 Å². The first-order chi connectivity index (χ1) is 28.1. The van der Waals surface area contributed by atoms with Crippen molar-refractivity contribution in [3.8, 4) is 39.1 Å². The van der Waals surface area contributed by atoms with Gasteiger partial charge in [-0.3, -0.25) is 0 Å². The zero-order valence-corrected chi connectivity index (χ0v) is 31.6. The zero-order valence-electron chi connectivity index (χ0n) is 31.6. The molecule has 0 spiro atoms. The average molecular weight is 730 g/mol. The van der Waals surface area contributed by atoms with Crippen LogP contribution in [0.5, 0.6) is 5.75 Å². The molecule has 0 saturated heterocycles. The molecule has 2 atom stereocenters. The van der Waals surface area contributed by atoms with E-state index in [0.29, 0.717) is 0 Å². The Balaban J connectivity index is 1.09. The molecule has 2 heteroatoms. The van der Waals surface area contributed by atoms with Gasteiger partial charge in [-0.25, -0.2) is 0 Å². The molecular weight excluding hydrogens is 691 g/mol. The lowest BCUT2D eigenvalue weighted by Crippen LogP contribution is -2.33. The molecule has 0 radical (unpaired) electrons. The highest BCUT2D eigenvalue weighted by Crippen LogP contribution is 2.55. The Hall–Kier alpha value is -7.16. The van der Waals surface area contributed by atoms with Gasteiger partial charge in [-0.05, 0) is 104 Å². The van der Waals surface area contributed by atoms with Gasteiger partial charge in [0, 0.05) is 34.0 Å². The summed E-state index contributed by atoms with van der Waals surface area (Å²) in [6.07, 6.45) is 4.59. The molecule has 57 heavy (non-hydrogen) atoms. The van der Waals surface area contributed by atoms with Crippen molar-refractivity contribution in [1.29, 1.82) is 0 Å². The summed E-state index contributed by atoms with van der Waals surface area (Å²) in [4.78, 5) is 2.43. The van der Waals surface area contributed by atoms with Crippen molar-refractivity contribution in [2.45, 2.75) is 18.4 Å². The van der Waals surface area contributed by atoms with E-state index in [1.165, 1.54) is 60.5 Å². The fourth-order valence-electron chi connectivity index (χ4n) is 9.36. The fourth-order valence-corrected chi connectivity index (χ4v) is 9.36. The van der Waals surface area contributed by atoms with Crippen molar-refractivity contribution in [2.24, 2.45) is 0 Å². The summed E-state index contributed by atoms with van der Waals surface area (Å²) in [5, 5.41) is 4.96. The number of fused-ring (bicyclic) bond motifs is 7. The molecule has 270 valence electrons. The molecule has 9 aromatic rings. The Bertz CT molecular complexity index is 2910. The van der Waals surface area contributed by atoms with Crippen LogP contribution in [0.15, 0.2) is 206 Å².